The van der Waals surface area contributed by atoms with Crippen LogP contribution in [0.1, 0.15) is 22.8 Å². The Morgan fingerprint density at radius 2 is 1.77 bits per heavy atom. The summed E-state index contributed by atoms with van der Waals surface area (Å²) in [5, 5.41) is 17.9. The first-order valence-electron chi connectivity index (χ1n) is 11.6. The summed E-state index contributed by atoms with van der Waals surface area (Å²) in [5.41, 5.74) is 3.14. The van der Waals surface area contributed by atoms with Crippen LogP contribution >= 0.6 is 0 Å². The first-order valence-corrected chi connectivity index (χ1v) is 11.6. The van der Waals surface area contributed by atoms with E-state index in [9.17, 15) is 19.1 Å². The summed E-state index contributed by atoms with van der Waals surface area (Å²) in [6.07, 6.45) is 1.30. The quantitative estimate of drug-likeness (QED) is 0.390. The average Bonchev–Trinajstić information content (AvgIpc) is 2.87. The molecule has 0 aromatic heterocycles. The molecule has 1 fully saturated rings. The molecule has 1 unspecified atom stereocenters. The molecule has 0 spiro atoms. The molecule has 4 N–H and O–H groups in total. The van der Waals surface area contributed by atoms with Crippen molar-refractivity contribution in [3.8, 4) is 5.75 Å². The van der Waals surface area contributed by atoms with E-state index in [0.717, 1.165) is 43.9 Å². The SMILES string of the molecule is CC(Cc1ccc(O)cc1)NC(=O)c1ccccc1.O=CNc1cc(F)ccc1N1CCNCC1. The van der Waals surface area contributed by atoms with E-state index < -0.39 is 0 Å². The minimum absolute atomic E-state index is 0.0391. The number of anilines is 2. The lowest BCUT2D eigenvalue weighted by Crippen LogP contribution is -2.43. The molecular formula is C27H31FN4O3. The van der Waals surface area contributed by atoms with Crippen LogP contribution in [-0.2, 0) is 11.2 Å². The van der Waals surface area contributed by atoms with Gasteiger partial charge in [-0.3, -0.25) is 9.59 Å². The van der Waals surface area contributed by atoms with E-state index in [1.165, 1.54) is 12.1 Å². The highest BCUT2D eigenvalue weighted by atomic mass is 19.1. The van der Waals surface area contributed by atoms with E-state index in [0.29, 0.717) is 17.7 Å². The molecule has 35 heavy (non-hydrogen) atoms. The van der Waals surface area contributed by atoms with Crippen LogP contribution in [-0.4, -0.2) is 49.6 Å². The van der Waals surface area contributed by atoms with Gasteiger partial charge in [-0.25, -0.2) is 4.39 Å². The molecule has 3 aromatic carbocycles. The van der Waals surface area contributed by atoms with Gasteiger partial charge in [0.2, 0.25) is 6.41 Å². The van der Waals surface area contributed by atoms with Gasteiger partial charge in [-0.15, -0.1) is 0 Å². The van der Waals surface area contributed by atoms with Crippen LogP contribution in [0.15, 0.2) is 72.8 Å². The third kappa shape index (κ3) is 8.12. The number of carbonyl (C=O) groups excluding carboxylic acids is 2. The summed E-state index contributed by atoms with van der Waals surface area (Å²) in [4.78, 5) is 24.5. The summed E-state index contributed by atoms with van der Waals surface area (Å²) in [6, 6.07) is 20.7. The lowest BCUT2D eigenvalue weighted by atomic mass is 10.1. The number of halogens is 1. The molecule has 3 aromatic rings. The fourth-order valence-electron chi connectivity index (χ4n) is 3.80. The van der Waals surface area contributed by atoms with Gasteiger partial charge in [0.1, 0.15) is 11.6 Å². The number of piperazine rings is 1. The van der Waals surface area contributed by atoms with Crippen molar-refractivity contribution >= 4 is 23.7 Å². The minimum Gasteiger partial charge on any atom is -0.508 e. The molecule has 0 radical (unpaired) electrons. The zero-order valence-electron chi connectivity index (χ0n) is 19.7. The molecule has 184 valence electrons. The molecule has 0 aliphatic carbocycles. The van der Waals surface area contributed by atoms with E-state index in [1.54, 1.807) is 30.3 Å². The van der Waals surface area contributed by atoms with Gasteiger partial charge >= 0.3 is 0 Å². The Morgan fingerprint density at radius 1 is 1.09 bits per heavy atom. The van der Waals surface area contributed by atoms with Crippen LogP contribution in [0.2, 0.25) is 0 Å². The number of hydrogen-bond donors (Lipinski definition) is 4. The predicted molar refractivity (Wildman–Crippen MR) is 136 cm³/mol. The normalized spacial score (nSPS) is 13.7. The van der Waals surface area contributed by atoms with Crippen LogP contribution in [0.3, 0.4) is 0 Å². The standard InChI is InChI=1S/C16H17NO2.C11H14FN3O/c1-12(11-13-7-9-15(18)10-8-13)17-16(19)14-5-3-2-4-6-14;12-9-1-2-11(10(7-9)14-8-16)15-5-3-13-4-6-15/h2-10,12,18H,11H2,1H3,(H,17,19);1-2,7-8,13H,3-6H2,(H,14,16). The fraction of sp³-hybridized carbons (Fsp3) is 0.259. The zero-order chi connectivity index (χ0) is 25.0. The Hall–Kier alpha value is -3.91. The van der Waals surface area contributed by atoms with E-state index in [2.05, 4.69) is 20.9 Å². The van der Waals surface area contributed by atoms with Gasteiger partial charge in [-0.05, 0) is 61.4 Å². The number of carbonyl (C=O) groups is 2. The molecule has 1 aliphatic rings. The van der Waals surface area contributed by atoms with Gasteiger partial charge in [0, 0.05) is 37.8 Å². The number of benzene rings is 3. The Kier molecular flexibility index (Phi) is 9.62. The van der Waals surface area contributed by atoms with Crippen molar-refractivity contribution in [3.05, 3.63) is 89.7 Å². The van der Waals surface area contributed by atoms with Gasteiger partial charge < -0.3 is 26.0 Å². The number of nitrogens with zero attached hydrogens (tertiary/aromatic N) is 1. The number of phenols is 1. The van der Waals surface area contributed by atoms with Gasteiger partial charge in [0.25, 0.3) is 5.91 Å². The number of nitrogens with one attached hydrogen (secondary N) is 3. The van der Waals surface area contributed by atoms with Crippen LogP contribution in [0.25, 0.3) is 0 Å². The van der Waals surface area contributed by atoms with Gasteiger partial charge in [-0.1, -0.05) is 30.3 Å². The van der Waals surface area contributed by atoms with Crippen molar-refractivity contribution in [2.45, 2.75) is 19.4 Å². The molecule has 1 aliphatic heterocycles. The average molecular weight is 479 g/mol. The van der Waals surface area contributed by atoms with E-state index >= 15 is 0 Å². The second-order valence-electron chi connectivity index (χ2n) is 8.27. The highest BCUT2D eigenvalue weighted by Gasteiger charge is 2.14. The number of amides is 2. The van der Waals surface area contributed by atoms with Crippen LogP contribution in [0.5, 0.6) is 5.75 Å². The Bertz CT molecular complexity index is 1090. The predicted octanol–water partition coefficient (Wildman–Crippen LogP) is 3.56. The lowest BCUT2D eigenvalue weighted by Gasteiger charge is -2.30. The van der Waals surface area contributed by atoms with Crippen molar-refractivity contribution in [2.24, 2.45) is 0 Å². The largest absolute Gasteiger partial charge is 0.508 e. The van der Waals surface area contributed by atoms with Crippen molar-refractivity contribution in [3.63, 3.8) is 0 Å². The zero-order valence-corrected chi connectivity index (χ0v) is 19.7. The lowest BCUT2D eigenvalue weighted by molar-refractivity contribution is -0.105. The highest BCUT2D eigenvalue weighted by Crippen LogP contribution is 2.26. The Morgan fingerprint density at radius 3 is 2.43 bits per heavy atom. The third-order valence-corrected chi connectivity index (χ3v) is 5.52. The maximum Gasteiger partial charge on any atom is 0.251 e. The fourth-order valence-corrected chi connectivity index (χ4v) is 3.80. The van der Waals surface area contributed by atoms with Gasteiger partial charge in [0.05, 0.1) is 11.4 Å². The Balaban J connectivity index is 0.000000198. The minimum atomic E-state index is -0.344. The molecule has 7 nitrogen and oxygen atoms in total. The maximum atomic E-state index is 13.1. The third-order valence-electron chi connectivity index (χ3n) is 5.52. The Labute approximate surface area is 205 Å². The number of phenolic OH excluding ortho intramolecular Hbond substituents is 1. The second kappa shape index (κ2) is 13.1. The highest BCUT2D eigenvalue weighted by molar-refractivity contribution is 5.94. The van der Waals surface area contributed by atoms with Gasteiger partial charge in [-0.2, -0.15) is 0 Å². The molecular weight excluding hydrogens is 447 g/mol. The first-order chi connectivity index (χ1) is 17.0. The topological polar surface area (TPSA) is 93.7 Å². The molecule has 1 heterocycles. The molecule has 0 bridgehead atoms. The molecule has 8 heteroatoms. The summed E-state index contributed by atoms with van der Waals surface area (Å²) in [5.74, 6) is -0.153. The van der Waals surface area contributed by atoms with Crippen LogP contribution in [0, 0.1) is 5.82 Å². The number of aromatic hydroxyl groups is 1. The number of rotatable bonds is 7. The van der Waals surface area contributed by atoms with E-state index in [4.69, 9.17) is 0 Å². The molecule has 1 atom stereocenters. The molecule has 2 amide bonds. The number of hydrogen-bond acceptors (Lipinski definition) is 5. The first kappa shape index (κ1) is 25.7. The van der Waals surface area contributed by atoms with E-state index in [-0.39, 0.29) is 23.5 Å². The maximum absolute atomic E-state index is 13.1. The molecule has 1 saturated heterocycles. The second-order valence-corrected chi connectivity index (χ2v) is 8.27. The van der Waals surface area contributed by atoms with Crippen LogP contribution < -0.4 is 20.9 Å². The monoisotopic (exact) mass is 478 g/mol. The van der Waals surface area contributed by atoms with Crippen molar-refractivity contribution in [1.82, 2.24) is 10.6 Å². The smallest absolute Gasteiger partial charge is 0.251 e. The van der Waals surface area contributed by atoms with Crippen molar-refractivity contribution in [2.75, 3.05) is 36.4 Å². The van der Waals surface area contributed by atoms with Crippen LogP contribution in [0.4, 0.5) is 15.8 Å². The summed E-state index contributed by atoms with van der Waals surface area (Å²) >= 11 is 0. The summed E-state index contributed by atoms with van der Waals surface area (Å²) in [6.45, 7) is 5.49. The molecule has 4 rings (SSSR count). The summed E-state index contributed by atoms with van der Waals surface area (Å²) in [7, 11) is 0. The van der Waals surface area contributed by atoms with Crippen molar-refractivity contribution in [1.29, 1.82) is 0 Å². The van der Waals surface area contributed by atoms with Gasteiger partial charge in [0.15, 0.2) is 0 Å². The molecule has 0 saturated carbocycles. The van der Waals surface area contributed by atoms with E-state index in [1.807, 2.05) is 37.3 Å². The van der Waals surface area contributed by atoms with Crippen molar-refractivity contribution < 1.29 is 19.1 Å². The summed E-state index contributed by atoms with van der Waals surface area (Å²) < 4.78 is 13.1.